The summed E-state index contributed by atoms with van der Waals surface area (Å²) in [5, 5.41) is 73.9. The van der Waals surface area contributed by atoms with Crippen LogP contribution in [0.15, 0.2) is 97.2 Å². The molecule has 4 fully saturated rings. The summed E-state index contributed by atoms with van der Waals surface area (Å²) in [5.41, 5.74) is 0. The molecule has 0 aromatic rings. The first kappa shape index (κ1) is 85.4. The normalized spacial score (nSPS) is 17.8. The quantitative estimate of drug-likeness (QED) is 0.00957. The van der Waals surface area contributed by atoms with Gasteiger partial charge >= 0.3 is 11.9 Å². The lowest BCUT2D eigenvalue weighted by atomic mass is 9.85. The number of carboxylic acid groups (broad SMARTS) is 2. The van der Waals surface area contributed by atoms with Crippen molar-refractivity contribution in [2.24, 2.45) is 23.7 Å². The zero-order chi connectivity index (χ0) is 63.0. The molecule has 0 aliphatic heterocycles. The van der Waals surface area contributed by atoms with Crippen molar-refractivity contribution in [1.82, 2.24) is 0 Å². The van der Waals surface area contributed by atoms with Gasteiger partial charge in [0.1, 0.15) is 12.4 Å². The fourth-order valence-electron chi connectivity index (χ4n) is 11.0. The Morgan fingerprint density at radius 3 is 1.10 bits per heavy atom. The number of carbonyl (C=O) groups is 3. The molecule has 87 heavy (non-hydrogen) atoms. The van der Waals surface area contributed by atoms with E-state index < -0.39 is 18.0 Å². The Morgan fingerprint density at radius 2 is 0.736 bits per heavy atom. The van der Waals surface area contributed by atoms with Crippen LogP contribution in [-0.2, 0) is 14.4 Å². The molecule has 0 aromatic heterocycles. The predicted octanol–water partition coefficient (Wildman–Crippen LogP) is 14.5. The first-order chi connectivity index (χ1) is 42.0. The van der Waals surface area contributed by atoms with Gasteiger partial charge in [-0.15, -0.1) is 0 Å². The number of aliphatic hydroxyl groups excluding tert-OH is 6. The van der Waals surface area contributed by atoms with Crippen LogP contribution in [0.4, 0.5) is 0 Å². The number of hydrogen-bond donors (Lipinski definition) is 8. The van der Waals surface area contributed by atoms with Gasteiger partial charge in [-0.05, 0) is 184 Å². The molecular formula is C75H126BrO11-. The number of hydrogen-bond acceptors (Lipinski definition) is 9. The highest BCUT2D eigenvalue weighted by Crippen LogP contribution is 2.29. The Labute approximate surface area is 541 Å². The van der Waals surface area contributed by atoms with Crippen molar-refractivity contribution in [3.8, 4) is 11.8 Å². The summed E-state index contributed by atoms with van der Waals surface area (Å²) in [6, 6.07) is 0. The van der Waals surface area contributed by atoms with Crippen molar-refractivity contribution in [2.45, 2.75) is 307 Å². The number of rotatable bonds is 38. The molecule has 0 aromatic carbocycles. The largest absolute Gasteiger partial charge is 1.00 e. The van der Waals surface area contributed by atoms with E-state index >= 15 is 0 Å². The van der Waals surface area contributed by atoms with E-state index in [1.807, 2.05) is 60.8 Å². The average Bonchev–Trinajstić information content (AvgIpc) is 3.66. The SMILES string of the molecule is CCCCCC(=O)O.O=C(O)CCC/C=C\CCCC/C=C\C=C\C(O)C1CCCCC1.O=CCCCC/C=C\C=C\C(O)C1CCCCC1.OCCCCC/C=C\C#CC(O)C1CCCCC1.OCCCCC/C=C\C=C\C(O)C1CCCCC1.[Br-]. The van der Waals surface area contributed by atoms with Crippen LogP contribution in [0.2, 0.25) is 0 Å². The van der Waals surface area contributed by atoms with Gasteiger partial charge in [0, 0.05) is 32.5 Å². The summed E-state index contributed by atoms with van der Waals surface area (Å²) < 4.78 is 0. The van der Waals surface area contributed by atoms with Gasteiger partial charge in [0.2, 0.25) is 0 Å². The van der Waals surface area contributed by atoms with Crippen LogP contribution >= 0.6 is 0 Å². The molecule has 12 heteroatoms. The van der Waals surface area contributed by atoms with E-state index in [0.717, 1.165) is 148 Å². The second-order valence-electron chi connectivity index (χ2n) is 24.1. The molecule has 0 bridgehead atoms. The molecular weight excluding hydrogens is 1160 g/mol. The molecule has 500 valence electrons. The Hall–Kier alpha value is -3.67. The minimum absolute atomic E-state index is 0. The van der Waals surface area contributed by atoms with Crippen molar-refractivity contribution >= 4 is 18.2 Å². The van der Waals surface area contributed by atoms with Crippen molar-refractivity contribution in [3.63, 3.8) is 0 Å². The summed E-state index contributed by atoms with van der Waals surface area (Å²) >= 11 is 0. The van der Waals surface area contributed by atoms with Crippen molar-refractivity contribution < 1.29 is 72.2 Å². The molecule has 8 N–H and O–H groups in total. The number of halogens is 1. The fourth-order valence-corrected chi connectivity index (χ4v) is 11.0. The molecule has 11 nitrogen and oxygen atoms in total. The highest BCUT2D eigenvalue weighted by atomic mass is 79.9. The summed E-state index contributed by atoms with van der Waals surface area (Å²) in [5.74, 6) is 6.29. The second kappa shape index (κ2) is 66.7. The molecule has 4 aliphatic rings. The highest BCUT2D eigenvalue weighted by molar-refractivity contribution is 5.66. The lowest BCUT2D eigenvalue weighted by molar-refractivity contribution is -0.138. The topological polar surface area (TPSA) is 213 Å². The first-order valence-electron chi connectivity index (χ1n) is 34.6. The maximum Gasteiger partial charge on any atom is 0.303 e. The van der Waals surface area contributed by atoms with Crippen LogP contribution in [0, 0.1) is 35.5 Å². The van der Waals surface area contributed by atoms with Crippen LogP contribution < -0.4 is 17.0 Å². The molecule has 4 atom stereocenters. The van der Waals surface area contributed by atoms with Crippen LogP contribution in [-0.4, -0.2) is 96.7 Å². The third-order valence-corrected chi connectivity index (χ3v) is 16.5. The zero-order valence-electron chi connectivity index (χ0n) is 54.4. The Morgan fingerprint density at radius 1 is 0.402 bits per heavy atom. The minimum atomic E-state index is -0.713. The minimum Gasteiger partial charge on any atom is -1.00 e. The maximum absolute atomic E-state index is 10.3. The number of aliphatic hydroxyl groups is 6. The predicted molar refractivity (Wildman–Crippen MR) is 359 cm³/mol. The summed E-state index contributed by atoms with van der Waals surface area (Å²) in [6.45, 7) is 2.65. The summed E-state index contributed by atoms with van der Waals surface area (Å²) in [6.07, 6.45) is 78.3. The summed E-state index contributed by atoms with van der Waals surface area (Å²) in [7, 11) is 0. The van der Waals surface area contributed by atoms with Gasteiger partial charge in [0.25, 0.3) is 0 Å². The van der Waals surface area contributed by atoms with Gasteiger partial charge in [-0.2, -0.15) is 0 Å². The third kappa shape index (κ3) is 58.5. The maximum atomic E-state index is 10.3. The van der Waals surface area contributed by atoms with E-state index in [2.05, 4.69) is 55.2 Å². The fraction of sp³-hybridized carbons (Fsp3) is 0.720. The van der Waals surface area contributed by atoms with Crippen LogP contribution in [0.3, 0.4) is 0 Å². The van der Waals surface area contributed by atoms with Crippen LogP contribution in [0.1, 0.15) is 283 Å². The number of carboxylic acids is 2. The van der Waals surface area contributed by atoms with Gasteiger partial charge in [0.05, 0.1) is 18.3 Å². The van der Waals surface area contributed by atoms with E-state index in [9.17, 15) is 34.8 Å². The van der Waals surface area contributed by atoms with Gasteiger partial charge in [-0.3, -0.25) is 9.59 Å². The molecule has 0 amide bonds. The standard InChI is InChI=1S/C21H34O3.C16H28O2.2C16H26O2.C6H12O2.BrH/c22-20(19-15-11-10-12-16-19)17-13-8-6-4-2-1-3-5-7-9-14-18-21(23)24;3*17-14-10-5-3-1-2-4-9-13-16(18)15-11-7-6-8-12-15;1-2-3-4-5-6(7)8;/h5-8,13,17,19-20,22H,1-4,9-12,14-16,18H2,(H,23,24);2,4,9,13,15-18H,1,3,5-8,10-12,14H2;2,4,15-18H,1,3,5-8,10-12,14H2;2,4,9,13-16,18H,1,3,5-8,10-12H2;2-5H2,1H3,(H,7,8);1H/p-1/b7-5-,8-6-,17-13+;4-2-,13-9+;4-2-;4-2-,13-9+;;. The first-order valence-corrected chi connectivity index (χ1v) is 34.6. The molecule has 4 saturated carbocycles. The van der Waals surface area contributed by atoms with Gasteiger partial charge in [-0.1, -0.05) is 213 Å². The number of allylic oxidation sites excluding steroid dienone is 13. The van der Waals surface area contributed by atoms with Gasteiger partial charge in [0.15, 0.2) is 0 Å². The Balaban J connectivity index is 0. The molecule has 4 rings (SSSR count). The number of carbonyl (C=O) groups excluding carboxylic acids is 1. The molecule has 4 aliphatic carbocycles. The Kier molecular flexibility index (Phi) is 65.5. The monoisotopic (exact) mass is 1280 g/mol. The average molecular weight is 1280 g/mol. The van der Waals surface area contributed by atoms with Gasteiger partial charge in [-0.25, -0.2) is 0 Å². The molecule has 0 saturated heterocycles. The summed E-state index contributed by atoms with van der Waals surface area (Å²) in [4.78, 5) is 30.3. The zero-order valence-corrected chi connectivity index (χ0v) is 56.0. The highest BCUT2D eigenvalue weighted by Gasteiger charge is 2.22. The number of aldehydes is 1. The molecule has 4 unspecified atom stereocenters. The van der Waals surface area contributed by atoms with E-state index in [1.54, 1.807) is 0 Å². The lowest BCUT2D eigenvalue weighted by Crippen LogP contribution is -3.00. The van der Waals surface area contributed by atoms with E-state index in [-0.39, 0.29) is 48.3 Å². The molecule has 0 radical (unpaired) electrons. The van der Waals surface area contributed by atoms with E-state index in [1.165, 1.54) is 116 Å². The van der Waals surface area contributed by atoms with Crippen LogP contribution in [0.5, 0.6) is 0 Å². The Bertz CT molecular complexity index is 1850. The van der Waals surface area contributed by atoms with Gasteiger partial charge < -0.3 is 62.6 Å². The van der Waals surface area contributed by atoms with Crippen molar-refractivity contribution in [1.29, 1.82) is 0 Å². The van der Waals surface area contributed by atoms with Crippen LogP contribution in [0.25, 0.3) is 0 Å². The number of unbranched alkanes of at least 4 members (excludes halogenated alkanes) is 15. The van der Waals surface area contributed by atoms with E-state index in [4.69, 9.17) is 20.4 Å². The number of aliphatic carboxylic acids is 2. The van der Waals surface area contributed by atoms with Crippen molar-refractivity contribution in [2.75, 3.05) is 13.2 Å². The van der Waals surface area contributed by atoms with Crippen molar-refractivity contribution in [3.05, 3.63) is 97.2 Å². The molecule has 0 spiro atoms. The third-order valence-electron chi connectivity index (χ3n) is 16.5. The lowest BCUT2D eigenvalue weighted by Gasteiger charge is -2.24. The smallest absolute Gasteiger partial charge is 0.303 e. The second-order valence-corrected chi connectivity index (χ2v) is 24.1. The van der Waals surface area contributed by atoms with E-state index in [0.29, 0.717) is 43.1 Å². The molecule has 0 heterocycles.